The Kier molecular flexibility index (Phi) is 6.88. The molecule has 7 nitrogen and oxygen atoms in total. The van der Waals surface area contributed by atoms with Gasteiger partial charge in [0.05, 0.1) is 18.1 Å². The van der Waals surface area contributed by atoms with Crippen LogP contribution in [0.15, 0.2) is 21.8 Å². The molecule has 1 aliphatic carbocycles. The van der Waals surface area contributed by atoms with Gasteiger partial charge in [-0.3, -0.25) is 9.79 Å². The van der Waals surface area contributed by atoms with Crippen LogP contribution in [-0.4, -0.2) is 77.9 Å². The molecule has 1 saturated carbocycles. The molecule has 2 fully saturated rings. The number of carbonyl (C=O) groups excluding carboxylic acids is 1. The van der Waals surface area contributed by atoms with Crippen LogP contribution in [0.2, 0.25) is 0 Å². The maximum Gasteiger partial charge on any atom is 0.237 e. The minimum absolute atomic E-state index is 0.0573. The van der Waals surface area contributed by atoms with Gasteiger partial charge >= 0.3 is 0 Å². The Morgan fingerprint density at radius 2 is 1.93 bits per heavy atom. The van der Waals surface area contributed by atoms with E-state index in [2.05, 4.69) is 40.4 Å². The SMILES string of the molecule is CCCCN=C1N=CC2C(=O)N(C3CCN(C)CC3)C=C(C3CCC(O)CC3)C2N1. The van der Waals surface area contributed by atoms with Gasteiger partial charge in [0.2, 0.25) is 11.9 Å². The highest BCUT2D eigenvalue weighted by atomic mass is 16.3. The third-order valence-electron chi connectivity index (χ3n) is 7.21. The second-order valence-electron chi connectivity index (χ2n) is 9.40. The first kappa shape index (κ1) is 21.5. The number of amides is 1. The highest BCUT2D eigenvalue weighted by Crippen LogP contribution is 2.38. The molecular formula is C23H37N5O2. The van der Waals surface area contributed by atoms with Crippen LogP contribution in [0.25, 0.3) is 0 Å². The second kappa shape index (κ2) is 9.60. The summed E-state index contributed by atoms with van der Waals surface area (Å²) in [6, 6.07) is 0.213. The Morgan fingerprint density at radius 1 is 1.20 bits per heavy atom. The van der Waals surface area contributed by atoms with Gasteiger partial charge in [0.25, 0.3) is 0 Å². The van der Waals surface area contributed by atoms with E-state index in [-0.39, 0.29) is 30.0 Å². The topological polar surface area (TPSA) is 80.5 Å². The molecule has 0 radical (unpaired) electrons. The first-order chi connectivity index (χ1) is 14.6. The highest BCUT2D eigenvalue weighted by Gasteiger charge is 2.44. The number of hydrogen-bond donors (Lipinski definition) is 2. The molecule has 2 atom stereocenters. The average molecular weight is 416 g/mol. The third-order valence-corrected chi connectivity index (χ3v) is 7.21. The van der Waals surface area contributed by atoms with E-state index in [9.17, 15) is 9.90 Å². The van der Waals surface area contributed by atoms with Crippen LogP contribution >= 0.6 is 0 Å². The van der Waals surface area contributed by atoms with E-state index in [1.807, 2.05) is 11.1 Å². The van der Waals surface area contributed by atoms with Gasteiger partial charge in [0, 0.05) is 25.0 Å². The van der Waals surface area contributed by atoms with E-state index < -0.39 is 0 Å². The fraction of sp³-hybridized carbons (Fsp3) is 0.783. The quantitative estimate of drug-likeness (QED) is 0.675. The zero-order valence-electron chi connectivity index (χ0n) is 18.5. The number of fused-ring (bicyclic) bond motifs is 1. The molecule has 0 spiro atoms. The number of aliphatic hydroxyl groups excluding tert-OH is 1. The van der Waals surface area contributed by atoms with Crippen molar-refractivity contribution in [2.75, 3.05) is 26.7 Å². The van der Waals surface area contributed by atoms with Gasteiger partial charge in [0.1, 0.15) is 0 Å². The lowest BCUT2D eigenvalue weighted by Gasteiger charge is -2.45. The predicted molar refractivity (Wildman–Crippen MR) is 120 cm³/mol. The molecule has 166 valence electrons. The van der Waals surface area contributed by atoms with Crippen LogP contribution in [0.4, 0.5) is 0 Å². The van der Waals surface area contributed by atoms with Crippen LogP contribution in [-0.2, 0) is 4.79 Å². The van der Waals surface area contributed by atoms with E-state index in [0.29, 0.717) is 11.9 Å². The molecular weight excluding hydrogens is 378 g/mol. The van der Waals surface area contributed by atoms with Crippen molar-refractivity contribution in [2.45, 2.75) is 76.5 Å². The van der Waals surface area contributed by atoms with Crippen LogP contribution in [0.3, 0.4) is 0 Å². The van der Waals surface area contributed by atoms with E-state index in [0.717, 1.165) is 71.0 Å². The summed E-state index contributed by atoms with van der Waals surface area (Å²) in [7, 11) is 2.15. The number of aliphatic hydroxyl groups is 1. The second-order valence-corrected chi connectivity index (χ2v) is 9.40. The largest absolute Gasteiger partial charge is 0.393 e. The highest BCUT2D eigenvalue weighted by molar-refractivity contribution is 6.03. The number of guanidine groups is 1. The lowest BCUT2D eigenvalue weighted by Crippen LogP contribution is -2.58. The standard InChI is InChI=1S/C23H37N5O2/c1-3-4-11-24-23-25-14-19-21(26-23)20(16-5-7-18(29)8-6-16)15-28(22(19)30)17-9-12-27(2)13-10-17/h14-19,21,29H,3-13H2,1-2H3,(H,24,26). The number of aliphatic imine (C=N–C) groups is 2. The van der Waals surface area contributed by atoms with Gasteiger partial charge in [-0.15, -0.1) is 0 Å². The lowest BCUT2D eigenvalue weighted by atomic mass is 9.75. The van der Waals surface area contributed by atoms with E-state index in [4.69, 9.17) is 0 Å². The number of likely N-dealkylation sites (tertiary alicyclic amines) is 1. The van der Waals surface area contributed by atoms with Crippen LogP contribution < -0.4 is 5.32 Å². The molecule has 0 aromatic rings. The van der Waals surface area contributed by atoms with Crippen molar-refractivity contribution in [3.8, 4) is 0 Å². The Balaban J connectivity index is 1.59. The van der Waals surface area contributed by atoms with Gasteiger partial charge in [-0.25, -0.2) is 4.99 Å². The zero-order valence-corrected chi connectivity index (χ0v) is 18.5. The molecule has 1 amide bonds. The first-order valence-electron chi connectivity index (χ1n) is 11.8. The van der Waals surface area contributed by atoms with Crippen LogP contribution in [0.1, 0.15) is 58.3 Å². The van der Waals surface area contributed by atoms with Gasteiger partial charge < -0.3 is 20.2 Å². The van der Waals surface area contributed by atoms with Gasteiger partial charge in [-0.1, -0.05) is 13.3 Å². The number of nitrogens with zero attached hydrogens (tertiary/aromatic N) is 4. The summed E-state index contributed by atoms with van der Waals surface area (Å²) in [5.74, 6) is 0.963. The smallest absolute Gasteiger partial charge is 0.237 e. The molecule has 0 aromatic heterocycles. The van der Waals surface area contributed by atoms with Crippen molar-refractivity contribution in [3.63, 3.8) is 0 Å². The van der Waals surface area contributed by atoms with Crippen molar-refractivity contribution in [3.05, 3.63) is 11.8 Å². The predicted octanol–water partition coefficient (Wildman–Crippen LogP) is 2.17. The Hall–Kier alpha value is -1.73. The lowest BCUT2D eigenvalue weighted by molar-refractivity contribution is -0.134. The molecule has 30 heavy (non-hydrogen) atoms. The van der Waals surface area contributed by atoms with Gasteiger partial charge in [-0.2, -0.15) is 0 Å². The Morgan fingerprint density at radius 3 is 2.63 bits per heavy atom. The van der Waals surface area contributed by atoms with Crippen molar-refractivity contribution in [1.82, 2.24) is 15.1 Å². The first-order valence-corrected chi connectivity index (χ1v) is 11.8. The molecule has 1 saturated heterocycles. The molecule has 3 aliphatic heterocycles. The number of nitrogens with one attached hydrogen (secondary N) is 1. The van der Waals surface area contributed by atoms with E-state index in [1.54, 1.807) is 0 Å². The third kappa shape index (κ3) is 4.62. The molecule has 3 heterocycles. The van der Waals surface area contributed by atoms with E-state index in [1.165, 1.54) is 5.57 Å². The maximum atomic E-state index is 13.4. The normalized spacial score (nSPS) is 34.6. The number of rotatable bonds is 5. The zero-order chi connectivity index (χ0) is 21.1. The number of unbranched alkanes of at least 4 members (excludes halogenated alkanes) is 1. The Labute approximate surface area is 180 Å². The summed E-state index contributed by atoms with van der Waals surface area (Å²) in [5, 5.41) is 13.5. The summed E-state index contributed by atoms with van der Waals surface area (Å²) in [6.45, 7) is 4.98. The van der Waals surface area contributed by atoms with Gasteiger partial charge in [-0.05, 0) is 76.6 Å². The van der Waals surface area contributed by atoms with Crippen molar-refractivity contribution < 1.29 is 9.90 Å². The molecule has 4 rings (SSSR count). The minimum Gasteiger partial charge on any atom is -0.393 e. The summed E-state index contributed by atoms with van der Waals surface area (Å²) >= 11 is 0. The molecule has 0 bridgehead atoms. The molecule has 7 heteroatoms. The summed E-state index contributed by atoms with van der Waals surface area (Å²) in [4.78, 5) is 26.9. The molecule has 2 unspecified atom stereocenters. The number of carbonyl (C=O) groups is 1. The number of piperidine rings is 1. The number of hydrogen-bond acceptors (Lipinski definition) is 4. The minimum atomic E-state index is -0.262. The molecule has 0 aromatic carbocycles. The average Bonchev–Trinajstić information content (AvgIpc) is 2.76. The van der Waals surface area contributed by atoms with Crippen LogP contribution in [0.5, 0.6) is 0 Å². The maximum absolute atomic E-state index is 13.4. The summed E-state index contributed by atoms with van der Waals surface area (Å²) in [6.07, 6.45) is 11.6. The Bertz CT molecular complexity index is 702. The molecule has 2 N–H and O–H groups in total. The van der Waals surface area contributed by atoms with Gasteiger partial charge in [0.15, 0.2) is 0 Å². The fourth-order valence-electron chi connectivity index (χ4n) is 5.23. The van der Waals surface area contributed by atoms with Crippen LogP contribution in [0, 0.1) is 11.8 Å². The summed E-state index contributed by atoms with van der Waals surface area (Å²) < 4.78 is 0. The molecule has 4 aliphatic rings. The summed E-state index contributed by atoms with van der Waals surface area (Å²) in [5.41, 5.74) is 1.31. The van der Waals surface area contributed by atoms with Crippen molar-refractivity contribution >= 4 is 18.1 Å². The monoisotopic (exact) mass is 415 g/mol. The van der Waals surface area contributed by atoms with Crippen molar-refractivity contribution in [1.29, 1.82) is 0 Å². The van der Waals surface area contributed by atoms with Crippen molar-refractivity contribution in [2.24, 2.45) is 21.8 Å². The van der Waals surface area contributed by atoms with E-state index >= 15 is 0 Å². The fourth-order valence-corrected chi connectivity index (χ4v) is 5.23.